The van der Waals surface area contributed by atoms with Gasteiger partial charge >= 0.3 is 5.69 Å². The van der Waals surface area contributed by atoms with Crippen LogP contribution >= 0.6 is 0 Å². The van der Waals surface area contributed by atoms with Gasteiger partial charge in [0.25, 0.3) is 21.8 Å². The molecule has 5 heterocycles. The molecule has 2 aliphatic carbocycles. The predicted octanol–water partition coefficient (Wildman–Crippen LogP) is 9.57. The van der Waals surface area contributed by atoms with Gasteiger partial charge in [0, 0.05) is 60.6 Å². The van der Waals surface area contributed by atoms with Gasteiger partial charge in [-0.2, -0.15) is 4.98 Å². The third-order valence-electron chi connectivity index (χ3n) is 15.6. The Morgan fingerprint density at radius 2 is 1.78 bits per heavy atom. The second-order valence-electron chi connectivity index (χ2n) is 20.6. The molecular weight excluding hydrogens is 901 g/mol. The average molecular weight is 963 g/mol. The largest absolute Gasteiger partial charge is 0.486 e. The number of aliphatic hydroxyl groups is 1. The van der Waals surface area contributed by atoms with E-state index in [1.165, 1.54) is 50.0 Å². The molecule has 1 amide bonds. The Morgan fingerprint density at radius 1 is 1.01 bits per heavy atom. The second-order valence-corrected chi connectivity index (χ2v) is 22.3. The summed E-state index contributed by atoms with van der Waals surface area (Å²) in [5.41, 5.74) is 3.19. The van der Waals surface area contributed by atoms with E-state index < -0.39 is 43.1 Å². The van der Waals surface area contributed by atoms with E-state index in [1.807, 2.05) is 13.0 Å². The first-order valence-corrected chi connectivity index (χ1v) is 25.9. The molecule has 16 nitrogen and oxygen atoms in total. The molecule has 0 radical (unpaired) electrons. The van der Waals surface area contributed by atoms with Crippen LogP contribution in [0.25, 0.3) is 11.0 Å². The summed E-state index contributed by atoms with van der Waals surface area (Å²) in [5, 5.41) is 23.5. The minimum absolute atomic E-state index is 0.0540. The highest BCUT2D eigenvalue weighted by molar-refractivity contribution is 7.90. The normalized spacial score (nSPS) is 23.8. The van der Waals surface area contributed by atoms with Gasteiger partial charge in [-0.1, -0.05) is 38.1 Å². The maximum atomic E-state index is 14.2. The van der Waals surface area contributed by atoms with E-state index in [2.05, 4.69) is 62.6 Å². The van der Waals surface area contributed by atoms with Crippen molar-refractivity contribution in [2.24, 2.45) is 11.3 Å². The number of pyridine rings is 1. The molecule has 69 heavy (non-hydrogen) atoms. The van der Waals surface area contributed by atoms with Crippen LogP contribution in [0.5, 0.6) is 28.9 Å². The number of sulfonamides is 1. The molecule has 5 aliphatic rings. The third kappa shape index (κ3) is 9.44. The van der Waals surface area contributed by atoms with E-state index in [0.29, 0.717) is 42.9 Å². The number of nitrogens with zero attached hydrogens (tertiary/aromatic N) is 4. The predicted molar refractivity (Wildman–Crippen MR) is 260 cm³/mol. The van der Waals surface area contributed by atoms with Gasteiger partial charge in [0.05, 0.1) is 28.1 Å². The molecule has 0 bridgehead atoms. The van der Waals surface area contributed by atoms with Crippen molar-refractivity contribution in [2.45, 2.75) is 126 Å². The molecule has 17 heteroatoms. The highest BCUT2D eigenvalue weighted by Crippen LogP contribution is 2.54. The number of H-pyrrole nitrogens is 1. The van der Waals surface area contributed by atoms with Crippen molar-refractivity contribution < 1.29 is 42.2 Å². The van der Waals surface area contributed by atoms with Crippen molar-refractivity contribution >= 4 is 38.3 Å². The van der Waals surface area contributed by atoms with E-state index in [1.54, 1.807) is 24.4 Å². The number of nitrogens with one attached hydrogen (secondary N) is 2. The molecule has 2 saturated heterocycles. The quantitative estimate of drug-likeness (QED) is 0.0745. The van der Waals surface area contributed by atoms with Gasteiger partial charge in [-0.05, 0) is 137 Å². The fraction of sp³-hybridized carbons (Fsp3) is 0.500. The van der Waals surface area contributed by atoms with Crippen LogP contribution in [0.15, 0.2) is 77.8 Å². The lowest BCUT2D eigenvalue weighted by molar-refractivity contribution is -0.386. The van der Waals surface area contributed by atoms with E-state index in [4.69, 9.17) is 18.9 Å². The zero-order valence-corrected chi connectivity index (χ0v) is 40.6. The highest BCUT2D eigenvalue weighted by Gasteiger charge is 2.50. The number of benzene rings is 3. The fourth-order valence-corrected chi connectivity index (χ4v) is 12.7. The number of fused-ring (bicyclic) bond motifs is 2. The number of aromatic amines is 1. The Labute approximate surface area is 402 Å². The molecular formula is C52H62N6O10S. The Kier molecular flexibility index (Phi) is 12.5. The average Bonchev–Trinajstić information content (AvgIpc) is 4.00. The van der Waals surface area contributed by atoms with Gasteiger partial charge in [-0.25, -0.2) is 13.1 Å². The summed E-state index contributed by atoms with van der Waals surface area (Å²) in [6, 6.07) is 20.6. The highest BCUT2D eigenvalue weighted by atomic mass is 32.2. The Balaban J connectivity index is 0.865. The Hall–Kier alpha value is -5.91. The number of hydrogen-bond acceptors (Lipinski definition) is 13. The van der Waals surface area contributed by atoms with Crippen molar-refractivity contribution in [3.05, 3.63) is 99.7 Å². The first kappa shape index (κ1) is 46.8. The van der Waals surface area contributed by atoms with Gasteiger partial charge in [0.2, 0.25) is 5.75 Å². The van der Waals surface area contributed by atoms with E-state index in [0.717, 1.165) is 68.5 Å². The molecule has 3 aliphatic heterocycles. The van der Waals surface area contributed by atoms with Crippen LogP contribution in [0.3, 0.4) is 0 Å². The van der Waals surface area contributed by atoms with Crippen molar-refractivity contribution in [3.8, 4) is 28.9 Å². The van der Waals surface area contributed by atoms with Crippen LogP contribution < -0.4 is 28.6 Å². The molecule has 3 N–H and O–H groups in total. The summed E-state index contributed by atoms with van der Waals surface area (Å²) in [5.74, 6) is -0.126. The monoisotopic (exact) mass is 962 g/mol. The lowest BCUT2D eigenvalue weighted by Crippen LogP contribution is -2.54. The van der Waals surface area contributed by atoms with Crippen LogP contribution in [0.4, 0.5) is 11.4 Å². The number of carbonyl (C=O) groups is 1. The third-order valence-corrected chi connectivity index (χ3v) is 16.9. The topological polar surface area (TPSA) is 199 Å². The number of anilines is 1. The zero-order chi connectivity index (χ0) is 48.2. The number of carbonyl (C=O) groups excluding carboxylic acids is 1. The lowest BCUT2D eigenvalue weighted by Gasteiger charge is -2.56. The van der Waals surface area contributed by atoms with Crippen LogP contribution in [0.2, 0.25) is 0 Å². The molecule has 10 rings (SSSR count). The summed E-state index contributed by atoms with van der Waals surface area (Å²) >= 11 is 0. The minimum atomic E-state index is -4.72. The molecule has 2 saturated carbocycles. The minimum Gasteiger partial charge on any atom is -0.486 e. The van der Waals surface area contributed by atoms with Crippen molar-refractivity contribution in [2.75, 3.05) is 38.3 Å². The zero-order valence-electron chi connectivity index (χ0n) is 39.7. The maximum Gasteiger partial charge on any atom is 0.316 e. The lowest BCUT2D eigenvalue weighted by atomic mass is 9.59. The van der Waals surface area contributed by atoms with E-state index >= 15 is 0 Å². The number of piperidine rings is 1. The van der Waals surface area contributed by atoms with Crippen molar-refractivity contribution in [1.29, 1.82) is 0 Å². The summed E-state index contributed by atoms with van der Waals surface area (Å²) in [7, 11) is -3.26. The van der Waals surface area contributed by atoms with Gasteiger partial charge < -0.3 is 33.9 Å². The Bertz CT molecular complexity index is 2860. The second kappa shape index (κ2) is 18.4. The number of ether oxygens (including phenoxy) is 4. The number of amides is 1. The smallest absolute Gasteiger partial charge is 0.316 e. The molecule has 3 aromatic carbocycles. The number of methoxy groups -OCH3 is 1. The summed E-state index contributed by atoms with van der Waals surface area (Å²) in [6.07, 6.45) is 11.5. The SMILES string of the molecule is COc1nc2[nH]ccc2cc1Oc1cc(N2CCC3(CC2)CC(N2CCC[C@H]2c2ccccc2C(C)C)C3)ccc1C(=O)NS(=O)(=O)c1cc2c(c([N+](=O)[O-])c1)O[C@H](C[C@H]1CC[C@](C)(O)CC1)CO2. The Morgan fingerprint density at radius 3 is 2.52 bits per heavy atom. The van der Waals surface area contributed by atoms with Gasteiger partial charge in [0.15, 0.2) is 11.5 Å². The maximum absolute atomic E-state index is 14.2. The van der Waals surface area contributed by atoms with Gasteiger partial charge in [-0.15, -0.1) is 0 Å². The molecule has 366 valence electrons. The standard InChI is InChI=1S/C52H62N6O10S/c1-32(2)39-8-5-6-9-40(39)42-10-7-21-57(42)36-29-52(30-36)18-22-56(23-19-52)35-11-12-41(44(26-35)68-46-25-34-15-20-53-48(34)54-50(46)65-4)49(59)55-69(63,64)38-27-43(58(61)62)47-45(28-38)66-31-37(67-47)24-33-13-16-51(3,60)17-14-33/h5-6,8-9,11-12,15,20,25-28,32-33,36-37,42,60H,7,10,13-14,16-19,21-24,29-31H2,1-4H3,(H,53,54)(H,55,59)/t33-,37-,42+,51-/m1/s1. The molecule has 4 fully saturated rings. The van der Waals surface area contributed by atoms with Gasteiger partial charge in [0.1, 0.15) is 24.1 Å². The number of aromatic nitrogens is 2. The van der Waals surface area contributed by atoms with Crippen LogP contribution in [0, 0.1) is 21.4 Å². The van der Waals surface area contributed by atoms with Crippen LogP contribution in [-0.4, -0.2) is 90.3 Å². The van der Waals surface area contributed by atoms with E-state index in [9.17, 15) is 28.4 Å². The molecule has 5 aromatic rings. The number of nitro benzene ring substituents is 1. The van der Waals surface area contributed by atoms with Crippen molar-refractivity contribution in [3.63, 3.8) is 0 Å². The molecule has 2 aromatic heterocycles. The van der Waals surface area contributed by atoms with E-state index in [-0.39, 0.29) is 52.4 Å². The van der Waals surface area contributed by atoms with Gasteiger partial charge in [-0.3, -0.25) is 19.8 Å². The number of rotatable bonds is 13. The fourth-order valence-electron chi connectivity index (χ4n) is 11.7. The summed E-state index contributed by atoms with van der Waals surface area (Å²) < 4.78 is 54.3. The van der Waals surface area contributed by atoms with Crippen LogP contribution in [-0.2, 0) is 10.0 Å². The van der Waals surface area contributed by atoms with Crippen molar-refractivity contribution in [1.82, 2.24) is 19.6 Å². The first-order chi connectivity index (χ1) is 33.1. The number of nitro groups is 1. The first-order valence-electron chi connectivity index (χ1n) is 24.4. The summed E-state index contributed by atoms with van der Waals surface area (Å²) in [4.78, 5) is 38.0. The van der Waals surface area contributed by atoms with Crippen LogP contribution in [0.1, 0.15) is 125 Å². The molecule has 2 atom stereocenters. The number of hydrogen-bond donors (Lipinski definition) is 3. The summed E-state index contributed by atoms with van der Waals surface area (Å²) in [6.45, 7) is 9.19. The molecule has 1 spiro atoms. The molecule has 0 unspecified atom stereocenters. The number of likely N-dealkylation sites (tertiary alicyclic amines) is 1.